The quantitative estimate of drug-likeness (QED) is 0.233. The number of nitrogens with zero attached hydrogens (tertiary/aromatic N) is 1. The highest BCUT2D eigenvalue weighted by molar-refractivity contribution is 7.26. The fraction of sp³-hybridized carbons (Fsp3) is 0. The number of thiophene rings is 1. The molecule has 0 saturated heterocycles. The molecule has 0 aliphatic rings. The van der Waals surface area contributed by atoms with Crippen molar-refractivity contribution in [2.75, 3.05) is 4.90 Å². The zero-order valence-electron chi connectivity index (χ0n) is 20.6. The molecule has 8 aromatic rings. The number of hydrogen-bond donors (Lipinski definition) is 0. The minimum atomic E-state index is 1.19. The van der Waals surface area contributed by atoms with Crippen LogP contribution in [0.15, 0.2) is 140 Å². The van der Waals surface area contributed by atoms with Crippen LogP contribution in [0, 0.1) is 0 Å². The van der Waals surface area contributed by atoms with Gasteiger partial charge >= 0.3 is 0 Å². The van der Waals surface area contributed by atoms with Crippen molar-refractivity contribution in [1.29, 1.82) is 0 Å². The summed E-state index contributed by atoms with van der Waals surface area (Å²) in [5, 5.41) is 10.2. The van der Waals surface area contributed by atoms with E-state index in [4.69, 9.17) is 0 Å². The Morgan fingerprint density at radius 2 is 0.868 bits per heavy atom. The van der Waals surface area contributed by atoms with Crippen LogP contribution in [0.5, 0.6) is 0 Å². The molecule has 1 aromatic heterocycles. The van der Waals surface area contributed by atoms with Crippen LogP contribution in [-0.2, 0) is 0 Å². The van der Waals surface area contributed by atoms with Gasteiger partial charge in [0.25, 0.3) is 0 Å². The van der Waals surface area contributed by atoms with Gasteiger partial charge in [-0.2, -0.15) is 0 Å². The monoisotopic (exact) mass is 501 g/mol. The van der Waals surface area contributed by atoms with Crippen LogP contribution >= 0.6 is 11.3 Å². The van der Waals surface area contributed by atoms with E-state index in [0.29, 0.717) is 0 Å². The summed E-state index contributed by atoms with van der Waals surface area (Å²) in [5.41, 5.74) is 3.57. The normalized spacial score (nSPS) is 11.7. The van der Waals surface area contributed by atoms with Crippen LogP contribution in [0.25, 0.3) is 52.5 Å². The summed E-state index contributed by atoms with van der Waals surface area (Å²) in [6.45, 7) is 0. The van der Waals surface area contributed by atoms with Crippen LogP contribution in [0.4, 0.5) is 17.1 Å². The zero-order valence-corrected chi connectivity index (χ0v) is 21.5. The average Bonchev–Trinajstić information content (AvgIpc) is 3.36. The lowest BCUT2D eigenvalue weighted by atomic mass is 9.99. The van der Waals surface area contributed by atoms with Crippen molar-refractivity contribution in [3.63, 3.8) is 0 Å². The molecule has 7 aromatic carbocycles. The van der Waals surface area contributed by atoms with Crippen molar-refractivity contribution in [3.05, 3.63) is 140 Å². The molecule has 2 heteroatoms. The van der Waals surface area contributed by atoms with Gasteiger partial charge in [0.1, 0.15) is 0 Å². The van der Waals surface area contributed by atoms with E-state index in [0.717, 1.165) is 0 Å². The van der Waals surface area contributed by atoms with Crippen molar-refractivity contribution in [2.45, 2.75) is 0 Å². The van der Waals surface area contributed by atoms with Crippen molar-refractivity contribution in [2.24, 2.45) is 0 Å². The number of rotatable bonds is 3. The molecule has 0 radical (unpaired) electrons. The first-order valence-electron chi connectivity index (χ1n) is 13.0. The molecule has 0 fully saturated rings. The second-order valence-corrected chi connectivity index (χ2v) is 10.8. The summed E-state index contributed by atoms with van der Waals surface area (Å²) in [7, 11) is 0. The Hall–Kier alpha value is -4.66. The third-order valence-corrected chi connectivity index (χ3v) is 8.74. The largest absolute Gasteiger partial charge is 0.309 e. The highest BCUT2D eigenvalue weighted by Crippen LogP contribution is 2.48. The molecule has 178 valence electrons. The smallest absolute Gasteiger partial charge is 0.0555 e. The number of benzene rings is 7. The first kappa shape index (κ1) is 21.4. The molecule has 0 amide bonds. The van der Waals surface area contributed by atoms with Crippen LogP contribution < -0.4 is 4.90 Å². The van der Waals surface area contributed by atoms with Crippen molar-refractivity contribution in [1.82, 2.24) is 0 Å². The number of hydrogen-bond acceptors (Lipinski definition) is 2. The van der Waals surface area contributed by atoms with Gasteiger partial charge in [0.2, 0.25) is 0 Å². The van der Waals surface area contributed by atoms with Gasteiger partial charge in [-0.3, -0.25) is 0 Å². The molecule has 0 saturated carbocycles. The average molecular weight is 502 g/mol. The Morgan fingerprint density at radius 1 is 0.368 bits per heavy atom. The zero-order chi connectivity index (χ0) is 25.1. The second-order valence-electron chi connectivity index (χ2n) is 9.74. The molecular weight excluding hydrogens is 478 g/mol. The lowest BCUT2D eigenvalue weighted by Gasteiger charge is -2.29. The van der Waals surface area contributed by atoms with E-state index in [1.165, 1.54) is 69.6 Å². The molecule has 1 heterocycles. The van der Waals surface area contributed by atoms with Crippen LogP contribution in [-0.4, -0.2) is 0 Å². The fourth-order valence-electron chi connectivity index (χ4n) is 5.95. The molecule has 0 aliphatic carbocycles. The van der Waals surface area contributed by atoms with Gasteiger partial charge in [0.15, 0.2) is 0 Å². The van der Waals surface area contributed by atoms with E-state index in [9.17, 15) is 0 Å². The maximum Gasteiger partial charge on any atom is 0.0555 e. The van der Waals surface area contributed by atoms with Gasteiger partial charge in [-0.1, -0.05) is 115 Å². The highest BCUT2D eigenvalue weighted by atomic mass is 32.1. The Kier molecular flexibility index (Phi) is 4.76. The Bertz CT molecular complexity index is 2060. The molecule has 1 nitrogen and oxygen atoms in total. The topological polar surface area (TPSA) is 3.24 Å². The summed E-state index contributed by atoms with van der Waals surface area (Å²) in [6.07, 6.45) is 0. The third kappa shape index (κ3) is 3.17. The molecule has 0 aliphatic heterocycles. The molecule has 8 rings (SSSR count). The summed E-state index contributed by atoms with van der Waals surface area (Å²) in [5.74, 6) is 0. The first-order valence-corrected chi connectivity index (χ1v) is 13.8. The van der Waals surface area contributed by atoms with E-state index in [-0.39, 0.29) is 0 Å². The lowest BCUT2D eigenvalue weighted by molar-refractivity contribution is 1.33. The Morgan fingerprint density at radius 3 is 1.53 bits per heavy atom. The van der Waals surface area contributed by atoms with Gasteiger partial charge < -0.3 is 4.90 Å². The second kappa shape index (κ2) is 8.44. The molecule has 38 heavy (non-hydrogen) atoms. The van der Waals surface area contributed by atoms with E-state index in [1.54, 1.807) is 0 Å². The lowest BCUT2D eigenvalue weighted by Crippen LogP contribution is -2.11. The number of fused-ring (bicyclic) bond motifs is 7. The molecular formula is C36H23NS. The predicted molar refractivity (Wildman–Crippen MR) is 167 cm³/mol. The van der Waals surface area contributed by atoms with Crippen molar-refractivity contribution in [3.8, 4) is 0 Å². The summed E-state index contributed by atoms with van der Waals surface area (Å²) < 4.78 is 2.64. The molecule has 0 atom stereocenters. The SMILES string of the molecule is c1ccc2c(N(c3cccc4ccccc34)c3cc4sc5ccccc5c4c4ccccc34)cccc2c1. The molecule has 0 unspecified atom stereocenters. The van der Waals surface area contributed by atoms with Crippen molar-refractivity contribution < 1.29 is 0 Å². The highest BCUT2D eigenvalue weighted by Gasteiger charge is 2.21. The Balaban J connectivity index is 1.55. The van der Waals surface area contributed by atoms with Crippen molar-refractivity contribution >= 4 is 80.9 Å². The predicted octanol–water partition coefficient (Wildman–Crippen LogP) is 11.0. The standard InChI is InChI=1S/C36H23NS/c1-3-15-26-24(11-1)13-9-20-31(26)37(32-21-10-14-25-12-2-4-16-27(25)32)33-23-35-36(29-18-6-5-17-28(29)33)30-19-7-8-22-34(30)38-35/h1-23H. The van der Waals surface area contributed by atoms with Crippen LogP contribution in [0.3, 0.4) is 0 Å². The summed E-state index contributed by atoms with van der Waals surface area (Å²) in [6, 6.07) is 50.7. The van der Waals surface area contributed by atoms with Gasteiger partial charge in [-0.15, -0.1) is 11.3 Å². The van der Waals surface area contributed by atoms with Gasteiger partial charge in [0, 0.05) is 36.3 Å². The number of anilines is 3. The molecule has 0 bridgehead atoms. The molecule has 0 N–H and O–H groups in total. The minimum absolute atomic E-state index is 1.19. The van der Waals surface area contributed by atoms with Crippen LogP contribution in [0.1, 0.15) is 0 Å². The van der Waals surface area contributed by atoms with E-state index in [1.807, 2.05) is 11.3 Å². The minimum Gasteiger partial charge on any atom is -0.309 e. The third-order valence-electron chi connectivity index (χ3n) is 7.62. The van der Waals surface area contributed by atoms with Crippen LogP contribution in [0.2, 0.25) is 0 Å². The molecule has 0 spiro atoms. The first-order chi connectivity index (χ1) is 18.9. The summed E-state index contributed by atoms with van der Waals surface area (Å²) in [4.78, 5) is 2.48. The van der Waals surface area contributed by atoms with Gasteiger partial charge in [0.05, 0.1) is 17.1 Å². The summed E-state index contributed by atoms with van der Waals surface area (Å²) >= 11 is 1.88. The van der Waals surface area contributed by atoms with Gasteiger partial charge in [-0.05, 0) is 40.4 Å². The Labute approximate surface area is 224 Å². The van der Waals surface area contributed by atoms with E-state index in [2.05, 4.69) is 144 Å². The van der Waals surface area contributed by atoms with Gasteiger partial charge in [-0.25, -0.2) is 0 Å². The maximum atomic E-state index is 2.48. The fourth-order valence-corrected chi connectivity index (χ4v) is 7.11. The van der Waals surface area contributed by atoms with E-state index >= 15 is 0 Å². The van der Waals surface area contributed by atoms with E-state index < -0.39 is 0 Å². The maximum absolute atomic E-state index is 2.48.